The number of halogens is 1. The molecule has 1 aromatic carbocycles. The lowest BCUT2D eigenvalue weighted by molar-refractivity contribution is 0.338. The highest BCUT2D eigenvalue weighted by Gasteiger charge is 1.98. The summed E-state index contributed by atoms with van der Waals surface area (Å²) >= 11 is 0. The molecule has 1 aromatic rings. The van der Waals surface area contributed by atoms with Crippen molar-refractivity contribution in [2.75, 3.05) is 6.61 Å². The van der Waals surface area contributed by atoms with E-state index in [4.69, 9.17) is 4.74 Å². The average molecular weight is 153 g/mol. The van der Waals surface area contributed by atoms with E-state index in [9.17, 15) is 4.39 Å². The SMILES string of the molecule is [CH2]c1cc(F)ccc1OCC. The quantitative estimate of drug-likeness (QED) is 0.634. The van der Waals surface area contributed by atoms with Crippen LogP contribution in [0.1, 0.15) is 12.5 Å². The van der Waals surface area contributed by atoms with Crippen LogP contribution in [0.4, 0.5) is 4.39 Å². The average Bonchev–Trinajstić information content (AvgIpc) is 1.95. The van der Waals surface area contributed by atoms with E-state index in [0.717, 1.165) is 0 Å². The minimum Gasteiger partial charge on any atom is -0.494 e. The van der Waals surface area contributed by atoms with Crippen LogP contribution in [0.5, 0.6) is 5.75 Å². The summed E-state index contributed by atoms with van der Waals surface area (Å²) in [5.74, 6) is 0.368. The summed E-state index contributed by atoms with van der Waals surface area (Å²) in [7, 11) is 0. The second-order valence-electron chi connectivity index (χ2n) is 2.19. The normalized spacial score (nSPS) is 9.73. The third kappa shape index (κ3) is 1.93. The molecule has 59 valence electrons. The van der Waals surface area contributed by atoms with Gasteiger partial charge in [0.15, 0.2) is 0 Å². The largest absolute Gasteiger partial charge is 0.494 e. The lowest BCUT2D eigenvalue weighted by atomic mass is 10.2. The topological polar surface area (TPSA) is 9.23 Å². The van der Waals surface area contributed by atoms with Gasteiger partial charge in [-0.2, -0.15) is 0 Å². The molecule has 1 rings (SSSR count). The fraction of sp³-hybridized carbons (Fsp3) is 0.222. The summed E-state index contributed by atoms with van der Waals surface area (Å²) < 4.78 is 17.7. The van der Waals surface area contributed by atoms with Gasteiger partial charge >= 0.3 is 0 Å². The first-order valence-electron chi connectivity index (χ1n) is 3.48. The van der Waals surface area contributed by atoms with Crippen LogP contribution in [-0.2, 0) is 0 Å². The Kier molecular flexibility index (Phi) is 2.47. The van der Waals surface area contributed by atoms with Gasteiger partial charge in [-0.15, -0.1) is 0 Å². The fourth-order valence-corrected chi connectivity index (χ4v) is 0.844. The number of hydrogen-bond acceptors (Lipinski definition) is 1. The molecule has 0 spiro atoms. The van der Waals surface area contributed by atoms with Gasteiger partial charge in [-0.3, -0.25) is 0 Å². The zero-order valence-corrected chi connectivity index (χ0v) is 6.43. The minimum atomic E-state index is -0.279. The molecule has 0 N–H and O–H groups in total. The van der Waals surface area contributed by atoms with Gasteiger partial charge in [0.25, 0.3) is 0 Å². The predicted octanol–water partition coefficient (Wildman–Crippen LogP) is 2.41. The van der Waals surface area contributed by atoms with Crippen LogP contribution in [0.15, 0.2) is 18.2 Å². The van der Waals surface area contributed by atoms with Crippen molar-refractivity contribution in [2.24, 2.45) is 0 Å². The van der Waals surface area contributed by atoms with Gasteiger partial charge in [0.2, 0.25) is 0 Å². The van der Waals surface area contributed by atoms with Crippen molar-refractivity contribution in [3.63, 3.8) is 0 Å². The van der Waals surface area contributed by atoms with Gasteiger partial charge in [0.1, 0.15) is 11.6 Å². The summed E-state index contributed by atoms with van der Waals surface area (Å²) in [5, 5.41) is 0. The molecular formula is C9H10FO. The van der Waals surface area contributed by atoms with Crippen molar-refractivity contribution in [3.8, 4) is 5.75 Å². The Hall–Kier alpha value is -1.05. The van der Waals surface area contributed by atoms with E-state index in [-0.39, 0.29) is 5.82 Å². The Morgan fingerprint density at radius 2 is 2.27 bits per heavy atom. The monoisotopic (exact) mass is 153 g/mol. The van der Waals surface area contributed by atoms with E-state index in [1.807, 2.05) is 6.92 Å². The van der Waals surface area contributed by atoms with Crippen molar-refractivity contribution in [2.45, 2.75) is 6.92 Å². The molecule has 0 amide bonds. The minimum absolute atomic E-state index is 0.279. The van der Waals surface area contributed by atoms with Crippen molar-refractivity contribution in [1.82, 2.24) is 0 Å². The molecule has 0 saturated carbocycles. The predicted molar refractivity (Wildman–Crippen MR) is 42.0 cm³/mol. The Balaban J connectivity index is 2.90. The molecule has 0 unspecified atom stereocenters. The Bertz CT molecular complexity index is 245. The summed E-state index contributed by atoms with van der Waals surface area (Å²) in [4.78, 5) is 0. The van der Waals surface area contributed by atoms with Crippen molar-refractivity contribution < 1.29 is 9.13 Å². The van der Waals surface area contributed by atoms with Gasteiger partial charge < -0.3 is 4.74 Å². The van der Waals surface area contributed by atoms with Crippen LogP contribution in [0.2, 0.25) is 0 Å². The van der Waals surface area contributed by atoms with Crippen LogP contribution < -0.4 is 4.74 Å². The Labute approximate surface area is 65.8 Å². The van der Waals surface area contributed by atoms with Crippen LogP contribution in [-0.4, -0.2) is 6.61 Å². The number of ether oxygens (including phenoxy) is 1. The number of hydrogen-bond donors (Lipinski definition) is 0. The fourth-order valence-electron chi connectivity index (χ4n) is 0.844. The molecule has 0 bridgehead atoms. The number of rotatable bonds is 2. The molecule has 0 aliphatic carbocycles. The summed E-state index contributed by atoms with van der Waals surface area (Å²) in [6.07, 6.45) is 0. The smallest absolute Gasteiger partial charge is 0.123 e. The van der Waals surface area contributed by atoms with Gasteiger partial charge in [0, 0.05) is 0 Å². The zero-order valence-electron chi connectivity index (χ0n) is 6.43. The second-order valence-corrected chi connectivity index (χ2v) is 2.19. The third-order valence-corrected chi connectivity index (χ3v) is 1.32. The van der Waals surface area contributed by atoms with Gasteiger partial charge in [-0.05, 0) is 37.6 Å². The van der Waals surface area contributed by atoms with E-state index >= 15 is 0 Å². The molecule has 0 saturated heterocycles. The standard InChI is InChI=1S/C9H10FO/c1-3-11-9-5-4-8(10)6-7(9)2/h4-6H,2-3H2,1H3. The molecule has 11 heavy (non-hydrogen) atoms. The molecule has 0 aromatic heterocycles. The van der Waals surface area contributed by atoms with Crippen LogP contribution in [0.25, 0.3) is 0 Å². The van der Waals surface area contributed by atoms with Gasteiger partial charge in [-0.1, -0.05) is 0 Å². The summed E-state index contributed by atoms with van der Waals surface area (Å²) in [5.41, 5.74) is 0.590. The van der Waals surface area contributed by atoms with E-state index in [0.29, 0.717) is 17.9 Å². The highest BCUT2D eigenvalue weighted by atomic mass is 19.1. The molecule has 0 atom stereocenters. The summed E-state index contributed by atoms with van der Waals surface area (Å²) in [6, 6.07) is 4.30. The van der Waals surface area contributed by atoms with E-state index in [1.165, 1.54) is 12.1 Å². The van der Waals surface area contributed by atoms with E-state index in [2.05, 4.69) is 6.92 Å². The maximum absolute atomic E-state index is 12.5. The van der Waals surface area contributed by atoms with Gasteiger partial charge in [-0.25, -0.2) is 4.39 Å². The molecule has 0 aliphatic rings. The van der Waals surface area contributed by atoms with Crippen LogP contribution in [0.3, 0.4) is 0 Å². The molecule has 1 nitrogen and oxygen atoms in total. The molecule has 1 radical (unpaired) electrons. The highest BCUT2D eigenvalue weighted by molar-refractivity contribution is 5.35. The lowest BCUT2D eigenvalue weighted by Gasteiger charge is -2.05. The van der Waals surface area contributed by atoms with Crippen LogP contribution >= 0.6 is 0 Å². The molecular weight excluding hydrogens is 143 g/mol. The maximum Gasteiger partial charge on any atom is 0.123 e. The Morgan fingerprint density at radius 1 is 1.55 bits per heavy atom. The first-order valence-corrected chi connectivity index (χ1v) is 3.48. The van der Waals surface area contributed by atoms with E-state index in [1.54, 1.807) is 6.07 Å². The van der Waals surface area contributed by atoms with Crippen molar-refractivity contribution in [1.29, 1.82) is 0 Å². The third-order valence-electron chi connectivity index (χ3n) is 1.32. The number of benzene rings is 1. The molecule has 0 heterocycles. The van der Waals surface area contributed by atoms with Crippen molar-refractivity contribution in [3.05, 3.63) is 36.5 Å². The van der Waals surface area contributed by atoms with Crippen molar-refractivity contribution >= 4 is 0 Å². The first-order chi connectivity index (χ1) is 5.24. The molecule has 0 aliphatic heterocycles. The second kappa shape index (κ2) is 3.37. The zero-order chi connectivity index (χ0) is 8.27. The highest BCUT2D eigenvalue weighted by Crippen LogP contribution is 2.17. The van der Waals surface area contributed by atoms with Gasteiger partial charge in [0.05, 0.1) is 6.61 Å². The molecule has 0 fully saturated rings. The maximum atomic E-state index is 12.5. The lowest BCUT2D eigenvalue weighted by Crippen LogP contribution is -1.93. The first kappa shape index (κ1) is 8.05. The Morgan fingerprint density at radius 3 is 2.82 bits per heavy atom. The summed E-state index contributed by atoms with van der Waals surface area (Å²) in [6.45, 7) is 6.09. The van der Waals surface area contributed by atoms with Crippen LogP contribution in [0, 0.1) is 12.7 Å². The van der Waals surface area contributed by atoms with E-state index < -0.39 is 0 Å². The molecule has 2 heteroatoms.